The van der Waals surface area contributed by atoms with Gasteiger partial charge >= 0.3 is 0 Å². The zero-order chi connectivity index (χ0) is 13.4. The first kappa shape index (κ1) is 12.4. The predicted molar refractivity (Wildman–Crippen MR) is 86.6 cm³/mol. The molecule has 1 heteroatoms. The Balaban J connectivity index is 2.34. The second-order valence-electron chi connectivity index (χ2n) is 4.93. The average Bonchev–Trinajstić information content (AvgIpc) is 2.41. The third-order valence-corrected chi connectivity index (χ3v) is 4.11. The van der Waals surface area contributed by atoms with E-state index in [9.17, 15) is 0 Å². The van der Waals surface area contributed by atoms with Crippen molar-refractivity contribution < 1.29 is 0 Å². The summed E-state index contributed by atoms with van der Waals surface area (Å²) in [5.41, 5.74) is 5.24. The summed E-state index contributed by atoms with van der Waals surface area (Å²) in [5, 5.41) is 2.66. The Morgan fingerprint density at radius 1 is 0.684 bits per heavy atom. The molecule has 0 saturated heterocycles. The van der Waals surface area contributed by atoms with Crippen molar-refractivity contribution in [3.8, 4) is 11.1 Å². The van der Waals surface area contributed by atoms with Crippen LogP contribution in [0.1, 0.15) is 11.1 Å². The molecule has 0 aliphatic rings. The van der Waals surface area contributed by atoms with Crippen LogP contribution in [0.15, 0.2) is 59.1 Å². The Hall–Kier alpha value is -1.60. The molecule has 0 saturated carbocycles. The fourth-order valence-corrected chi connectivity index (χ4v) is 3.09. The Morgan fingerprint density at radius 2 is 1.37 bits per heavy atom. The number of aryl methyl sites for hydroxylation is 2. The Bertz CT molecular complexity index is 757. The Kier molecular flexibility index (Phi) is 3.16. The summed E-state index contributed by atoms with van der Waals surface area (Å²) in [7, 11) is 0. The lowest BCUT2D eigenvalue weighted by atomic mass is 9.93. The predicted octanol–water partition coefficient (Wildman–Crippen LogP) is 5.89. The zero-order valence-corrected chi connectivity index (χ0v) is 12.7. The summed E-state index contributed by atoms with van der Waals surface area (Å²) in [5.74, 6) is 0. The summed E-state index contributed by atoms with van der Waals surface area (Å²) < 4.78 is 1.13. The molecule has 0 amide bonds. The maximum atomic E-state index is 3.53. The molecule has 0 spiro atoms. The molecule has 0 atom stereocenters. The van der Waals surface area contributed by atoms with Gasteiger partial charge in [-0.15, -0.1) is 0 Å². The van der Waals surface area contributed by atoms with Crippen LogP contribution in [-0.4, -0.2) is 0 Å². The van der Waals surface area contributed by atoms with Crippen molar-refractivity contribution in [1.82, 2.24) is 0 Å². The highest BCUT2D eigenvalue weighted by Crippen LogP contribution is 2.33. The van der Waals surface area contributed by atoms with Crippen LogP contribution in [0.25, 0.3) is 21.9 Å². The van der Waals surface area contributed by atoms with Crippen LogP contribution in [0.4, 0.5) is 0 Å². The van der Waals surface area contributed by atoms with Crippen molar-refractivity contribution in [2.75, 3.05) is 0 Å². The van der Waals surface area contributed by atoms with Crippen molar-refractivity contribution >= 4 is 26.7 Å². The van der Waals surface area contributed by atoms with Crippen molar-refractivity contribution in [1.29, 1.82) is 0 Å². The summed E-state index contributed by atoms with van der Waals surface area (Å²) in [6.07, 6.45) is 0. The molecule has 0 aliphatic heterocycles. The van der Waals surface area contributed by atoms with Gasteiger partial charge in [0.05, 0.1) is 0 Å². The molecule has 0 unspecified atom stereocenters. The van der Waals surface area contributed by atoms with Gasteiger partial charge in [0.25, 0.3) is 0 Å². The molecule has 3 aromatic carbocycles. The molecule has 0 nitrogen and oxygen atoms in total. The summed E-state index contributed by atoms with van der Waals surface area (Å²) in [6.45, 7) is 4.33. The third-order valence-electron chi connectivity index (χ3n) is 3.62. The van der Waals surface area contributed by atoms with Gasteiger partial charge in [0.1, 0.15) is 0 Å². The maximum absolute atomic E-state index is 3.53. The van der Waals surface area contributed by atoms with Gasteiger partial charge < -0.3 is 0 Å². The van der Waals surface area contributed by atoms with Crippen LogP contribution in [0.3, 0.4) is 0 Å². The molecular formula is C18H15Br. The van der Waals surface area contributed by atoms with Crippen molar-refractivity contribution in [3.63, 3.8) is 0 Å². The number of fused-ring (bicyclic) bond motifs is 1. The van der Waals surface area contributed by atoms with E-state index in [1.165, 1.54) is 33.0 Å². The second-order valence-corrected chi connectivity index (χ2v) is 5.85. The smallest absolute Gasteiger partial charge is 0.0178 e. The molecule has 0 N–H and O–H groups in total. The maximum Gasteiger partial charge on any atom is 0.0178 e. The first-order valence-corrected chi connectivity index (χ1v) is 7.21. The monoisotopic (exact) mass is 310 g/mol. The van der Waals surface area contributed by atoms with E-state index in [2.05, 4.69) is 84.4 Å². The third kappa shape index (κ3) is 2.19. The first-order valence-electron chi connectivity index (χ1n) is 6.42. The highest BCUT2D eigenvalue weighted by Gasteiger charge is 2.07. The van der Waals surface area contributed by atoms with Gasteiger partial charge in [-0.05, 0) is 59.0 Å². The number of halogens is 1. The lowest BCUT2D eigenvalue weighted by Crippen LogP contribution is -1.87. The van der Waals surface area contributed by atoms with Crippen molar-refractivity contribution in [3.05, 3.63) is 70.2 Å². The van der Waals surface area contributed by atoms with Crippen molar-refractivity contribution in [2.24, 2.45) is 0 Å². The minimum atomic E-state index is 1.13. The van der Waals surface area contributed by atoms with E-state index in [0.717, 1.165) is 4.47 Å². The molecule has 0 fully saturated rings. The minimum Gasteiger partial charge on any atom is -0.0616 e. The van der Waals surface area contributed by atoms with Crippen molar-refractivity contribution in [2.45, 2.75) is 13.8 Å². The topological polar surface area (TPSA) is 0 Å². The molecule has 19 heavy (non-hydrogen) atoms. The van der Waals surface area contributed by atoms with Crippen LogP contribution in [-0.2, 0) is 0 Å². The average molecular weight is 311 g/mol. The molecule has 3 rings (SSSR count). The molecule has 0 heterocycles. The second kappa shape index (κ2) is 4.82. The number of benzene rings is 3. The molecule has 0 radical (unpaired) electrons. The SMILES string of the molecule is Cc1cc(Br)ccc1-c1ccc(C)c2ccccc12. The zero-order valence-electron chi connectivity index (χ0n) is 11.1. The summed E-state index contributed by atoms with van der Waals surface area (Å²) in [6, 6.07) is 19.5. The molecule has 0 aliphatic carbocycles. The van der Waals surface area contributed by atoms with Gasteiger partial charge in [-0.1, -0.05) is 58.4 Å². The molecular weight excluding hydrogens is 296 g/mol. The van der Waals surface area contributed by atoms with Gasteiger partial charge in [0.15, 0.2) is 0 Å². The first-order chi connectivity index (χ1) is 9.16. The van der Waals surface area contributed by atoms with Crippen LogP contribution in [0, 0.1) is 13.8 Å². The van der Waals surface area contributed by atoms with E-state index < -0.39 is 0 Å². The van der Waals surface area contributed by atoms with Crippen LogP contribution in [0.2, 0.25) is 0 Å². The number of hydrogen-bond donors (Lipinski definition) is 0. The van der Waals surface area contributed by atoms with E-state index >= 15 is 0 Å². The van der Waals surface area contributed by atoms with Gasteiger partial charge in [0, 0.05) is 4.47 Å². The lowest BCUT2D eigenvalue weighted by molar-refractivity contribution is 1.44. The largest absolute Gasteiger partial charge is 0.0616 e. The van der Waals surface area contributed by atoms with Gasteiger partial charge in [0.2, 0.25) is 0 Å². The number of hydrogen-bond acceptors (Lipinski definition) is 0. The quantitative estimate of drug-likeness (QED) is 0.526. The normalized spacial score (nSPS) is 10.9. The van der Waals surface area contributed by atoms with E-state index in [1.807, 2.05) is 0 Å². The van der Waals surface area contributed by atoms with E-state index in [4.69, 9.17) is 0 Å². The van der Waals surface area contributed by atoms with Crippen LogP contribution in [0.5, 0.6) is 0 Å². The highest BCUT2D eigenvalue weighted by atomic mass is 79.9. The molecule has 0 aromatic heterocycles. The Morgan fingerprint density at radius 3 is 2.11 bits per heavy atom. The lowest BCUT2D eigenvalue weighted by Gasteiger charge is -2.12. The van der Waals surface area contributed by atoms with E-state index in [1.54, 1.807) is 0 Å². The van der Waals surface area contributed by atoms with Crippen LogP contribution >= 0.6 is 15.9 Å². The summed E-state index contributed by atoms with van der Waals surface area (Å²) in [4.78, 5) is 0. The van der Waals surface area contributed by atoms with Gasteiger partial charge in [-0.3, -0.25) is 0 Å². The molecule has 3 aromatic rings. The standard InChI is InChI=1S/C18H15Br/c1-12-7-9-18(17-6-4-3-5-15(12)17)16-10-8-14(19)11-13(16)2/h3-11H,1-2H3. The number of rotatable bonds is 1. The summed E-state index contributed by atoms with van der Waals surface area (Å²) >= 11 is 3.53. The van der Waals surface area contributed by atoms with Gasteiger partial charge in [-0.25, -0.2) is 0 Å². The van der Waals surface area contributed by atoms with Crippen LogP contribution < -0.4 is 0 Å². The van der Waals surface area contributed by atoms with Gasteiger partial charge in [-0.2, -0.15) is 0 Å². The Labute approximate surface area is 122 Å². The molecule has 0 bridgehead atoms. The minimum absolute atomic E-state index is 1.13. The highest BCUT2D eigenvalue weighted by molar-refractivity contribution is 9.10. The fourth-order valence-electron chi connectivity index (χ4n) is 2.61. The fraction of sp³-hybridized carbons (Fsp3) is 0.111. The van der Waals surface area contributed by atoms with E-state index in [0.29, 0.717) is 0 Å². The molecule has 94 valence electrons. The van der Waals surface area contributed by atoms with E-state index in [-0.39, 0.29) is 0 Å².